The number of nitrogens with zero attached hydrogens (tertiary/aromatic N) is 1. The number of hydrogen-bond donors (Lipinski definition) is 0. The van der Waals surface area contributed by atoms with Crippen LogP contribution >= 0.6 is 0 Å². The van der Waals surface area contributed by atoms with Crippen molar-refractivity contribution in [1.29, 1.82) is 0 Å². The molecule has 0 bridgehead atoms. The zero-order valence-corrected chi connectivity index (χ0v) is 11.3. The number of benzene rings is 2. The summed E-state index contributed by atoms with van der Waals surface area (Å²) in [6.07, 6.45) is 0.188. The topological polar surface area (TPSA) is 55.7 Å². The van der Waals surface area contributed by atoms with Crippen molar-refractivity contribution in [3.63, 3.8) is 0 Å². The molecule has 4 nitrogen and oxygen atoms in total. The molecule has 3 rings (SSSR count). The van der Waals surface area contributed by atoms with Crippen molar-refractivity contribution < 1.29 is 14.3 Å². The summed E-state index contributed by atoms with van der Waals surface area (Å²) in [7, 11) is 0. The Hall–Kier alpha value is -2.75. The Kier molecular flexibility index (Phi) is 3.60. The molecule has 0 aliphatic carbocycles. The summed E-state index contributed by atoms with van der Waals surface area (Å²) >= 11 is 0. The molecule has 0 aromatic heterocycles. The van der Waals surface area contributed by atoms with Gasteiger partial charge in [-0.05, 0) is 12.1 Å². The molecule has 4 heteroatoms. The number of ether oxygens (including phenoxy) is 1. The Morgan fingerprint density at radius 3 is 2.43 bits per heavy atom. The summed E-state index contributed by atoms with van der Waals surface area (Å²) in [6.45, 7) is 0.201. The molecule has 0 spiro atoms. The van der Waals surface area contributed by atoms with Crippen LogP contribution in [0.1, 0.15) is 22.3 Å². The smallest absolute Gasteiger partial charge is 0.312 e. The fourth-order valence-electron chi connectivity index (χ4n) is 2.18. The molecule has 21 heavy (non-hydrogen) atoms. The van der Waals surface area contributed by atoms with Gasteiger partial charge in [0.15, 0.2) is 5.78 Å². The molecule has 0 atom stereocenters. The van der Waals surface area contributed by atoms with E-state index in [1.807, 2.05) is 24.3 Å². The summed E-state index contributed by atoms with van der Waals surface area (Å²) in [6, 6.07) is 16.2. The monoisotopic (exact) mass is 279 g/mol. The van der Waals surface area contributed by atoms with Gasteiger partial charge in [0, 0.05) is 11.1 Å². The highest BCUT2D eigenvalue weighted by Crippen LogP contribution is 2.23. The minimum atomic E-state index is -0.277. The predicted molar refractivity (Wildman–Crippen MR) is 79.0 cm³/mol. The van der Waals surface area contributed by atoms with Crippen LogP contribution in [0.15, 0.2) is 59.6 Å². The van der Waals surface area contributed by atoms with Crippen molar-refractivity contribution in [1.82, 2.24) is 0 Å². The van der Waals surface area contributed by atoms with Crippen molar-refractivity contribution in [2.75, 3.05) is 6.61 Å². The molecule has 2 aromatic carbocycles. The average molecular weight is 279 g/mol. The highest BCUT2D eigenvalue weighted by molar-refractivity contribution is 6.13. The molecule has 0 unspecified atom stereocenters. The van der Waals surface area contributed by atoms with E-state index < -0.39 is 0 Å². The van der Waals surface area contributed by atoms with E-state index in [2.05, 4.69) is 4.99 Å². The normalized spacial score (nSPS) is 16.0. The summed E-state index contributed by atoms with van der Waals surface area (Å²) in [5, 5.41) is 0. The van der Waals surface area contributed by atoms with Crippen LogP contribution in [0.25, 0.3) is 0 Å². The van der Waals surface area contributed by atoms with Crippen LogP contribution in [-0.2, 0) is 9.53 Å². The van der Waals surface area contributed by atoms with E-state index in [0.717, 1.165) is 0 Å². The third-order valence-electron chi connectivity index (χ3n) is 3.21. The number of para-hydroxylation sites is 1. The molecule has 104 valence electrons. The lowest BCUT2D eigenvalue weighted by Crippen LogP contribution is -2.02. The molecule has 0 radical (unpaired) electrons. The van der Waals surface area contributed by atoms with Gasteiger partial charge in [-0.3, -0.25) is 14.6 Å². The molecule has 2 aromatic rings. The largest absolute Gasteiger partial charge is 0.459 e. The Morgan fingerprint density at radius 2 is 1.71 bits per heavy atom. The maximum absolute atomic E-state index is 12.5. The SMILES string of the molecule is O=C1CC(=Nc2ccccc2C(=O)c2ccccc2)CO1. The van der Waals surface area contributed by atoms with E-state index in [1.165, 1.54) is 0 Å². The van der Waals surface area contributed by atoms with Crippen LogP contribution in [0.3, 0.4) is 0 Å². The van der Waals surface area contributed by atoms with Crippen molar-refractivity contribution in [2.24, 2.45) is 4.99 Å². The standard InChI is InChI=1S/C17H13NO3/c19-16-10-13(11-21-16)18-15-9-5-4-8-14(15)17(20)12-6-2-1-3-7-12/h1-9H,10-11H2. The van der Waals surface area contributed by atoms with Gasteiger partial charge in [-0.25, -0.2) is 0 Å². The number of hydrogen-bond acceptors (Lipinski definition) is 4. The van der Waals surface area contributed by atoms with Gasteiger partial charge in [-0.2, -0.15) is 0 Å². The molecule has 0 N–H and O–H groups in total. The van der Waals surface area contributed by atoms with E-state index in [0.29, 0.717) is 22.5 Å². The highest BCUT2D eigenvalue weighted by Gasteiger charge is 2.19. The summed E-state index contributed by atoms with van der Waals surface area (Å²) in [5.74, 6) is -0.360. The van der Waals surface area contributed by atoms with Crippen molar-refractivity contribution >= 4 is 23.2 Å². The number of esters is 1. The predicted octanol–water partition coefficient (Wildman–Crippen LogP) is 2.94. The summed E-state index contributed by atoms with van der Waals surface area (Å²) < 4.78 is 4.87. The van der Waals surface area contributed by atoms with Gasteiger partial charge in [0.2, 0.25) is 0 Å². The number of carbonyl (C=O) groups excluding carboxylic acids is 2. The number of rotatable bonds is 3. The van der Waals surface area contributed by atoms with E-state index in [4.69, 9.17) is 4.74 Å². The highest BCUT2D eigenvalue weighted by atomic mass is 16.5. The second-order valence-corrected chi connectivity index (χ2v) is 4.73. The first-order valence-corrected chi connectivity index (χ1v) is 6.65. The Labute approximate surface area is 122 Å². The zero-order valence-electron chi connectivity index (χ0n) is 11.3. The molecule has 0 saturated carbocycles. The lowest BCUT2D eigenvalue weighted by Gasteiger charge is -2.05. The average Bonchev–Trinajstić information content (AvgIpc) is 2.93. The molecular weight excluding hydrogens is 266 g/mol. The van der Waals surface area contributed by atoms with Crippen LogP contribution in [-0.4, -0.2) is 24.1 Å². The summed E-state index contributed by atoms with van der Waals surface area (Å²) in [4.78, 5) is 28.1. The third kappa shape index (κ3) is 2.89. The van der Waals surface area contributed by atoms with E-state index in [-0.39, 0.29) is 24.8 Å². The summed E-state index contributed by atoms with van der Waals surface area (Å²) in [5.41, 5.74) is 2.35. The van der Waals surface area contributed by atoms with Gasteiger partial charge in [0.05, 0.1) is 17.8 Å². The van der Waals surface area contributed by atoms with Crippen LogP contribution in [0, 0.1) is 0 Å². The van der Waals surface area contributed by atoms with Crippen molar-refractivity contribution in [2.45, 2.75) is 6.42 Å². The van der Waals surface area contributed by atoms with Gasteiger partial charge < -0.3 is 4.74 Å². The Morgan fingerprint density at radius 1 is 1.00 bits per heavy atom. The quantitative estimate of drug-likeness (QED) is 0.641. The fraction of sp³-hybridized carbons (Fsp3) is 0.118. The van der Waals surface area contributed by atoms with Gasteiger partial charge in [0.1, 0.15) is 6.61 Å². The maximum atomic E-state index is 12.5. The van der Waals surface area contributed by atoms with Crippen LogP contribution in [0.2, 0.25) is 0 Å². The van der Waals surface area contributed by atoms with Gasteiger partial charge >= 0.3 is 5.97 Å². The van der Waals surface area contributed by atoms with Gasteiger partial charge in [-0.1, -0.05) is 42.5 Å². The van der Waals surface area contributed by atoms with E-state index in [1.54, 1.807) is 30.3 Å². The first-order chi connectivity index (χ1) is 10.2. The molecule has 0 amide bonds. The number of cyclic esters (lactones) is 1. The lowest BCUT2D eigenvalue weighted by atomic mass is 10.0. The van der Waals surface area contributed by atoms with Gasteiger partial charge in [0.25, 0.3) is 0 Å². The van der Waals surface area contributed by atoms with E-state index >= 15 is 0 Å². The van der Waals surface area contributed by atoms with Gasteiger partial charge in [-0.15, -0.1) is 0 Å². The molecule has 1 saturated heterocycles. The number of ketones is 1. The van der Waals surface area contributed by atoms with Crippen LogP contribution in [0.5, 0.6) is 0 Å². The Balaban J connectivity index is 1.97. The number of carbonyl (C=O) groups is 2. The molecule has 1 aliphatic heterocycles. The van der Waals surface area contributed by atoms with E-state index in [9.17, 15) is 9.59 Å². The fourth-order valence-corrected chi connectivity index (χ4v) is 2.18. The second-order valence-electron chi connectivity index (χ2n) is 4.73. The Bertz CT molecular complexity index is 720. The molecule has 1 heterocycles. The van der Waals surface area contributed by atoms with Crippen LogP contribution in [0.4, 0.5) is 5.69 Å². The lowest BCUT2D eigenvalue weighted by molar-refractivity contribution is -0.137. The van der Waals surface area contributed by atoms with Crippen molar-refractivity contribution in [3.8, 4) is 0 Å². The van der Waals surface area contributed by atoms with Crippen LogP contribution < -0.4 is 0 Å². The first-order valence-electron chi connectivity index (χ1n) is 6.65. The minimum absolute atomic E-state index is 0.0826. The molecule has 1 aliphatic rings. The second kappa shape index (κ2) is 5.71. The molecular formula is C17H13NO3. The first kappa shape index (κ1) is 13.2. The van der Waals surface area contributed by atoms with Crippen molar-refractivity contribution in [3.05, 3.63) is 65.7 Å². The maximum Gasteiger partial charge on any atom is 0.312 e. The number of aliphatic imine (C=N–C) groups is 1. The zero-order chi connectivity index (χ0) is 14.7. The minimum Gasteiger partial charge on any atom is -0.459 e. The third-order valence-corrected chi connectivity index (χ3v) is 3.21. The molecule has 1 fully saturated rings.